The van der Waals surface area contributed by atoms with Crippen LogP contribution in [0, 0.1) is 0 Å². The first-order chi connectivity index (χ1) is 16.8. The number of hydrogen-bond donors (Lipinski definition) is 3. The number of carbonyl (C=O) groups excluding carboxylic acids is 3. The first-order valence-electron chi connectivity index (χ1n) is 10.9. The molecule has 0 aliphatic rings. The Kier molecular flexibility index (Phi) is 8.85. The second-order valence-electron chi connectivity index (χ2n) is 7.99. The molecule has 1 heterocycles. The third-order valence-electron chi connectivity index (χ3n) is 4.87. The number of methoxy groups -OCH3 is 1. The molecule has 0 atom stereocenters. The Morgan fingerprint density at radius 1 is 0.857 bits per heavy atom. The van der Waals surface area contributed by atoms with Crippen LogP contribution in [0.2, 0.25) is 0 Å². The zero-order chi connectivity index (χ0) is 25.2. The summed E-state index contributed by atoms with van der Waals surface area (Å²) in [7, 11) is 5.22. The third kappa shape index (κ3) is 7.90. The van der Waals surface area contributed by atoms with Crippen LogP contribution in [-0.4, -0.2) is 60.3 Å². The van der Waals surface area contributed by atoms with Gasteiger partial charge >= 0.3 is 0 Å². The summed E-state index contributed by atoms with van der Waals surface area (Å²) in [5.41, 5.74) is 2.56. The number of anilines is 1. The smallest absolute Gasteiger partial charge is 0.270 e. The van der Waals surface area contributed by atoms with Crippen molar-refractivity contribution in [3.8, 4) is 5.75 Å². The maximum Gasteiger partial charge on any atom is 0.270 e. The molecule has 3 aromatic rings. The standard InChI is InChI=1S/C25H28N6O4/c1-31(2)15-23(32)30-19-9-7-17(8-10-19)13-26-24(33)21-12-22(29-16-28-21)25(34)27-14-18-5-4-6-20(11-18)35-3/h4-12,16H,13-15H2,1-3H3,(H,26,33)(H,27,34)(H,30,32). The largest absolute Gasteiger partial charge is 0.497 e. The Balaban J connectivity index is 1.52. The van der Waals surface area contributed by atoms with Crippen LogP contribution >= 0.6 is 0 Å². The molecule has 3 rings (SSSR count). The normalized spacial score (nSPS) is 10.5. The molecule has 0 radical (unpaired) electrons. The number of hydrogen-bond acceptors (Lipinski definition) is 7. The van der Waals surface area contributed by atoms with Gasteiger partial charge in [-0.2, -0.15) is 0 Å². The van der Waals surface area contributed by atoms with Gasteiger partial charge in [0.15, 0.2) is 0 Å². The van der Waals surface area contributed by atoms with Crippen LogP contribution < -0.4 is 20.7 Å². The Bertz CT molecular complexity index is 1180. The van der Waals surface area contributed by atoms with E-state index in [4.69, 9.17) is 4.74 Å². The van der Waals surface area contributed by atoms with E-state index in [9.17, 15) is 14.4 Å². The first kappa shape index (κ1) is 25.3. The third-order valence-corrected chi connectivity index (χ3v) is 4.87. The summed E-state index contributed by atoms with van der Waals surface area (Å²) in [4.78, 5) is 46.6. The molecule has 0 aliphatic carbocycles. The average molecular weight is 477 g/mol. The fourth-order valence-corrected chi connectivity index (χ4v) is 3.13. The summed E-state index contributed by atoms with van der Waals surface area (Å²) in [5, 5.41) is 8.35. The van der Waals surface area contributed by atoms with E-state index in [1.165, 1.54) is 12.4 Å². The van der Waals surface area contributed by atoms with E-state index < -0.39 is 11.8 Å². The van der Waals surface area contributed by atoms with Gasteiger partial charge in [0.05, 0.1) is 13.7 Å². The quantitative estimate of drug-likeness (QED) is 0.408. The highest BCUT2D eigenvalue weighted by molar-refractivity contribution is 5.97. The lowest BCUT2D eigenvalue weighted by atomic mass is 10.2. The molecule has 0 saturated carbocycles. The van der Waals surface area contributed by atoms with Gasteiger partial charge in [0.2, 0.25) is 5.91 Å². The van der Waals surface area contributed by atoms with Crippen LogP contribution in [0.25, 0.3) is 0 Å². The van der Waals surface area contributed by atoms with Gasteiger partial charge in [-0.15, -0.1) is 0 Å². The average Bonchev–Trinajstić information content (AvgIpc) is 2.86. The van der Waals surface area contributed by atoms with E-state index in [1.54, 1.807) is 24.1 Å². The van der Waals surface area contributed by atoms with Crippen LogP contribution in [-0.2, 0) is 17.9 Å². The number of nitrogens with one attached hydrogen (secondary N) is 3. The fourth-order valence-electron chi connectivity index (χ4n) is 3.13. The minimum atomic E-state index is -0.433. The van der Waals surface area contributed by atoms with Crippen molar-refractivity contribution in [3.05, 3.63) is 83.4 Å². The molecule has 1 aromatic heterocycles. The van der Waals surface area contributed by atoms with Crippen molar-refractivity contribution >= 4 is 23.4 Å². The molecule has 0 spiro atoms. The second-order valence-corrected chi connectivity index (χ2v) is 7.99. The van der Waals surface area contributed by atoms with Gasteiger partial charge in [-0.1, -0.05) is 24.3 Å². The highest BCUT2D eigenvalue weighted by Gasteiger charge is 2.13. The number of benzene rings is 2. The molecule has 0 aliphatic heterocycles. The summed E-state index contributed by atoms with van der Waals surface area (Å²) in [6.45, 7) is 0.830. The number of carbonyl (C=O) groups is 3. The number of nitrogens with zero attached hydrogens (tertiary/aromatic N) is 3. The molecule has 0 saturated heterocycles. The maximum absolute atomic E-state index is 12.5. The minimum absolute atomic E-state index is 0.0825. The van der Waals surface area contributed by atoms with Crippen LogP contribution in [0.1, 0.15) is 32.1 Å². The molecule has 0 unspecified atom stereocenters. The van der Waals surface area contributed by atoms with Gasteiger partial charge in [0, 0.05) is 24.8 Å². The van der Waals surface area contributed by atoms with Gasteiger partial charge in [-0.05, 0) is 49.5 Å². The molecule has 0 fully saturated rings. The fraction of sp³-hybridized carbons (Fsp3) is 0.240. The number of ether oxygens (including phenoxy) is 1. The van der Waals surface area contributed by atoms with Gasteiger partial charge in [0.25, 0.3) is 11.8 Å². The Hall–Kier alpha value is -4.31. The molecule has 3 amide bonds. The summed E-state index contributed by atoms with van der Waals surface area (Å²) in [6.07, 6.45) is 1.18. The predicted octanol–water partition coefficient (Wildman–Crippen LogP) is 1.85. The Labute approximate surface area is 203 Å². The van der Waals surface area contributed by atoms with Gasteiger partial charge < -0.3 is 25.6 Å². The first-order valence-corrected chi connectivity index (χ1v) is 10.9. The zero-order valence-corrected chi connectivity index (χ0v) is 19.9. The predicted molar refractivity (Wildman–Crippen MR) is 131 cm³/mol. The number of rotatable bonds is 10. The van der Waals surface area contributed by atoms with Crippen molar-refractivity contribution in [1.29, 1.82) is 0 Å². The molecular formula is C25H28N6O4. The van der Waals surface area contributed by atoms with Crippen LogP contribution in [0.15, 0.2) is 60.9 Å². The molecule has 182 valence electrons. The van der Waals surface area contributed by atoms with Crippen molar-refractivity contribution in [1.82, 2.24) is 25.5 Å². The maximum atomic E-state index is 12.5. The Morgan fingerprint density at radius 2 is 1.49 bits per heavy atom. The van der Waals surface area contributed by atoms with E-state index in [0.29, 0.717) is 11.4 Å². The molecule has 2 aromatic carbocycles. The number of likely N-dealkylation sites (N-methyl/N-ethyl adjacent to an activating group) is 1. The molecule has 10 heteroatoms. The van der Waals surface area contributed by atoms with E-state index in [2.05, 4.69) is 25.9 Å². The molecule has 35 heavy (non-hydrogen) atoms. The van der Waals surface area contributed by atoms with E-state index in [-0.39, 0.29) is 36.9 Å². The second kappa shape index (κ2) is 12.2. The van der Waals surface area contributed by atoms with E-state index >= 15 is 0 Å². The molecular weight excluding hydrogens is 448 g/mol. The van der Waals surface area contributed by atoms with Gasteiger partial charge in [0.1, 0.15) is 23.5 Å². The zero-order valence-electron chi connectivity index (χ0n) is 19.9. The van der Waals surface area contributed by atoms with Crippen molar-refractivity contribution in [2.45, 2.75) is 13.1 Å². The van der Waals surface area contributed by atoms with E-state index in [1.807, 2.05) is 50.5 Å². The summed E-state index contributed by atoms with van der Waals surface area (Å²) < 4.78 is 5.18. The Morgan fingerprint density at radius 3 is 2.09 bits per heavy atom. The number of amides is 3. The lowest BCUT2D eigenvalue weighted by molar-refractivity contribution is -0.116. The lowest BCUT2D eigenvalue weighted by Gasteiger charge is -2.11. The van der Waals surface area contributed by atoms with Crippen molar-refractivity contribution in [2.24, 2.45) is 0 Å². The van der Waals surface area contributed by atoms with Crippen LogP contribution in [0.3, 0.4) is 0 Å². The number of aromatic nitrogens is 2. The SMILES string of the molecule is COc1cccc(CNC(=O)c2cc(C(=O)NCc3ccc(NC(=O)CN(C)C)cc3)ncn2)c1. The molecule has 10 nitrogen and oxygen atoms in total. The van der Waals surface area contributed by atoms with Crippen molar-refractivity contribution in [3.63, 3.8) is 0 Å². The van der Waals surface area contributed by atoms with E-state index in [0.717, 1.165) is 11.1 Å². The summed E-state index contributed by atoms with van der Waals surface area (Å²) >= 11 is 0. The van der Waals surface area contributed by atoms with Crippen LogP contribution in [0.5, 0.6) is 5.75 Å². The molecule has 0 bridgehead atoms. The highest BCUT2D eigenvalue weighted by Crippen LogP contribution is 2.13. The highest BCUT2D eigenvalue weighted by atomic mass is 16.5. The van der Waals surface area contributed by atoms with Gasteiger partial charge in [-0.25, -0.2) is 9.97 Å². The monoisotopic (exact) mass is 476 g/mol. The van der Waals surface area contributed by atoms with Gasteiger partial charge in [-0.3, -0.25) is 14.4 Å². The summed E-state index contributed by atoms with van der Waals surface area (Å²) in [6, 6.07) is 15.8. The molecule has 3 N–H and O–H groups in total. The minimum Gasteiger partial charge on any atom is -0.497 e. The topological polar surface area (TPSA) is 126 Å². The van der Waals surface area contributed by atoms with Crippen LogP contribution in [0.4, 0.5) is 5.69 Å². The van der Waals surface area contributed by atoms with Crippen molar-refractivity contribution in [2.75, 3.05) is 33.1 Å². The van der Waals surface area contributed by atoms with Crippen molar-refractivity contribution < 1.29 is 19.1 Å². The lowest BCUT2D eigenvalue weighted by Crippen LogP contribution is -2.27. The summed E-state index contributed by atoms with van der Waals surface area (Å²) in [5.74, 6) is -0.265.